The van der Waals surface area contributed by atoms with Crippen molar-refractivity contribution >= 4 is 0 Å². The molecule has 0 bridgehead atoms. The minimum atomic E-state index is 0.293. The Balaban J connectivity index is 2.41. The van der Waals surface area contributed by atoms with E-state index in [1.165, 1.54) is 5.56 Å². The van der Waals surface area contributed by atoms with E-state index in [0.29, 0.717) is 12.6 Å². The third-order valence-corrected chi connectivity index (χ3v) is 2.54. The molecule has 0 amide bonds. The van der Waals surface area contributed by atoms with Crippen molar-refractivity contribution < 1.29 is 4.74 Å². The average Bonchev–Trinajstić information content (AvgIpc) is 2.29. The van der Waals surface area contributed by atoms with Crippen molar-refractivity contribution in [3.8, 4) is 0 Å². The van der Waals surface area contributed by atoms with E-state index in [2.05, 4.69) is 23.0 Å². The number of aromatic nitrogens is 1. The van der Waals surface area contributed by atoms with Gasteiger partial charge in [0.05, 0.1) is 18.4 Å². The van der Waals surface area contributed by atoms with Crippen LogP contribution in [0.15, 0.2) is 18.3 Å². The largest absolute Gasteiger partial charge is 0.377 e. The normalized spacial score (nSPS) is 11.4. The lowest BCUT2D eigenvalue weighted by molar-refractivity contribution is 0.0626. The molecule has 0 saturated carbocycles. The molecule has 1 aromatic rings. The molecule has 0 aliphatic carbocycles. The molecule has 0 unspecified atom stereocenters. The van der Waals surface area contributed by atoms with Gasteiger partial charge in [-0.1, -0.05) is 6.07 Å². The van der Waals surface area contributed by atoms with Crippen molar-refractivity contribution in [2.45, 2.75) is 33.0 Å². The standard InChI is InChI=1S/C13H23N3O/c1-11(2)17-8-7-16(3)10-12-5-4-6-15-13(12)9-14/h4-6,11H,7-10,14H2,1-3H3. The summed E-state index contributed by atoms with van der Waals surface area (Å²) in [5, 5.41) is 0. The van der Waals surface area contributed by atoms with Crippen LogP contribution in [0.25, 0.3) is 0 Å². The third-order valence-electron chi connectivity index (χ3n) is 2.54. The molecule has 0 atom stereocenters. The first-order chi connectivity index (χ1) is 8.13. The van der Waals surface area contributed by atoms with Crippen LogP contribution < -0.4 is 5.73 Å². The molecule has 0 radical (unpaired) electrons. The third kappa shape index (κ3) is 5.26. The van der Waals surface area contributed by atoms with Gasteiger partial charge in [0.1, 0.15) is 0 Å². The summed E-state index contributed by atoms with van der Waals surface area (Å²) in [7, 11) is 2.08. The molecule has 0 saturated heterocycles. The fourth-order valence-corrected chi connectivity index (χ4v) is 1.61. The lowest BCUT2D eigenvalue weighted by atomic mass is 10.2. The van der Waals surface area contributed by atoms with Crippen LogP contribution >= 0.6 is 0 Å². The lowest BCUT2D eigenvalue weighted by Gasteiger charge is -2.18. The summed E-state index contributed by atoms with van der Waals surface area (Å²) in [6, 6.07) is 4.03. The van der Waals surface area contributed by atoms with E-state index in [1.54, 1.807) is 6.20 Å². The van der Waals surface area contributed by atoms with Gasteiger partial charge in [-0.25, -0.2) is 0 Å². The van der Waals surface area contributed by atoms with Gasteiger partial charge < -0.3 is 10.5 Å². The fraction of sp³-hybridized carbons (Fsp3) is 0.615. The topological polar surface area (TPSA) is 51.4 Å². The molecular weight excluding hydrogens is 214 g/mol. The number of hydrogen-bond acceptors (Lipinski definition) is 4. The van der Waals surface area contributed by atoms with Crippen LogP contribution in [-0.2, 0) is 17.8 Å². The average molecular weight is 237 g/mol. The fourth-order valence-electron chi connectivity index (χ4n) is 1.61. The van der Waals surface area contributed by atoms with Gasteiger partial charge in [0.25, 0.3) is 0 Å². The van der Waals surface area contributed by atoms with Crippen LogP contribution in [0, 0.1) is 0 Å². The van der Waals surface area contributed by atoms with E-state index in [9.17, 15) is 0 Å². The van der Waals surface area contributed by atoms with Gasteiger partial charge in [-0.05, 0) is 32.5 Å². The molecule has 96 valence electrons. The number of nitrogens with two attached hydrogens (primary N) is 1. The quantitative estimate of drug-likeness (QED) is 0.779. The monoisotopic (exact) mass is 237 g/mol. The van der Waals surface area contributed by atoms with Gasteiger partial charge >= 0.3 is 0 Å². The minimum absolute atomic E-state index is 0.293. The predicted molar refractivity (Wildman–Crippen MR) is 69.6 cm³/mol. The Bertz CT molecular complexity index is 328. The summed E-state index contributed by atoms with van der Waals surface area (Å²) in [5.74, 6) is 0. The zero-order valence-corrected chi connectivity index (χ0v) is 11.0. The number of nitrogens with zero attached hydrogens (tertiary/aromatic N) is 2. The number of likely N-dealkylation sites (N-methyl/N-ethyl adjacent to an activating group) is 1. The number of hydrogen-bond donors (Lipinski definition) is 1. The summed E-state index contributed by atoms with van der Waals surface area (Å²) in [4.78, 5) is 6.50. The van der Waals surface area contributed by atoms with Crippen molar-refractivity contribution in [3.63, 3.8) is 0 Å². The molecule has 0 spiro atoms. The molecule has 0 fully saturated rings. The van der Waals surface area contributed by atoms with Crippen molar-refractivity contribution in [1.29, 1.82) is 0 Å². The van der Waals surface area contributed by atoms with E-state index < -0.39 is 0 Å². The number of rotatable bonds is 7. The van der Waals surface area contributed by atoms with E-state index >= 15 is 0 Å². The molecule has 0 aromatic carbocycles. The van der Waals surface area contributed by atoms with Gasteiger partial charge in [-0.3, -0.25) is 9.88 Å². The van der Waals surface area contributed by atoms with Gasteiger partial charge in [-0.15, -0.1) is 0 Å². The van der Waals surface area contributed by atoms with E-state index in [-0.39, 0.29) is 0 Å². The smallest absolute Gasteiger partial charge is 0.0596 e. The van der Waals surface area contributed by atoms with Crippen LogP contribution in [0.2, 0.25) is 0 Å². The summed E-state index contributed by atoms with van der Waals surface area (Å²) >= 11 is 0. The Labute approximate surface area is 104 Å². The van der Waals surface area contributed by atoms with Crippen LogP contribution in [0.4, 0.5) is 0 Å². The van der Waals surface area contributed by atoms with Crippen LogP contribution in [-0.4, -0.2) is 36.2 Å². The second-order valence-corrected chi connectivity index (χ2v) is 4.47. The van der Waals surface area contributed by atoms with Crippen molar-refractivity contribution in [3.05, 3.63) is 29.6 Å². The minimum Gasteiger partial charge on any atom is -0.377 e. The highest BCUT2D eigenvalue weighted by atomic mass is 16.5. The van der Waals surface area contributed by atoms with Gasteiger partial charge in [0, 0.05) is 25.8 Å². The summed E-state index contributed by atoms with van der Waals surface area (Å²) < 4.78 is 5.52. The maximum atomic E-state index is 5.66. The predicted octanol–water partition coefficient (Wildman–Crippen LogP) is 1.40. The summed E-state index contributed by atoms with van der Waals surface area (Å²) in [5.41, 5.74) is 7.83. The van der Waals surface area contributed by atoms with Crippen LogP contribution in [0.3, 0.4) is 0 Å². The Kier molecular flexibility index (Phi) is 6.11. The maximum Gasteiger partial charge on any atom is 0.0596 e. The van der Waals surface area contributed by atoms with Crippen molar-refractivity contribution in [2.24, 2.45) is 5.73 Å². The Morgan fingerprint density at radius 2 is 2.24 bits per heavy atom. The molecule has 4 heteroatoms. The van der Waals surface area contributed by atoms with E-state index in [4.69, 9.17) is 10.5 Å². The highest BCUT2D eigenvalue weighted by molar-refractivity contribution is 5.19. The molecule has 1 aromatic heterocycles. The van der Waals surface area contributed by atoms with Crippen LogP contribution in [0.1, 0.15) is 25.1 Å². The maximum absolute atomic E-state index is 5.66. The van der Waals surface area contributed by atoms with Gasteiger partial charge in [0.15, 0.2) is 0 Å². The molecule has 1 heterocycles. The highest BCUT2D eigenvalue weighted by Crippen LogP contribution is 2.07. The highest BCUT2D eigenvalue weighted by Gasteiger charge is 2.05. The first-order valence-corrected chi connectivity index (χ1v) is 6.06. The molecule has 1 rings (SSSR count). The molecule has 2 N–H and O–H groups in total. The lowest BCUT2D eigenvalue weighted by Crippen LogP contribution is -2.25. The molecule has 0 aliphatic rings. The molecular formula is C13H23N3O. The number of pyridine rings is 1. The van der Waals surface area contributed by atoms with Crippen molar-refractivity contribution in [1.82, 2.24) is 9.88 Å². The van der Waals surface area contributed by atoms with E-state index in [1.807, 2.05) is 19.9 Å². The molecule has 17 heavy (non-hydrogen) atoms. The molecule has 4 nitrogen and oxygen atoms in total. The van der Waals surface area contributed by atoms with Gasteiger partial charge in [-0.2, -0.15) is 0 Å². The zero-order chi connectivity index (χ0) is 12.7. The zero-order valence-electron chi connectivity index (χ0n) is 11.0. The van der Waals surface area contributed by atoms with Gasteiger partial charge in [0.2, 0.25) is 0 Å². The summed E-state index contributed by atoms with van der Waals surface area (Å²) in [6.07, 6.45) is 2.08. The second kappa shape index (κ2) is 7.37. The van der Waals surface area contributed by atoms with Crippen LogP contribution in [0.5, 0.6) is 0 Å². The Morgan fingerprint density at radius 3 is 2.88 bits per heavy atom. The molecule has 0 aliphatic heterocycles. The number of ether oxygens (including phenoxy) is 1. The SMILES string of the molecule is CC(C)OCCN(C)Cc1cccnc1CN. The Morgan fingerprint density at radius 1 is 1.47 bits per heavy atom. The summed E-state index contributed by atoms with van der Waals surface area (Å²) in [6.45, 7) is 7.12. The Hall–Kier alpha value is -0.970. The van der Waals surface area contributed by atoms with E-state index in [0.717, 1.165) is 25.4 Å². The first-order valence-electron chi connectivity index (χ1n) is 6.06. The second-order valence-electron chi connectivity index (χ2n) is 4.47. The van der Waals surface area contributed by atoms with Crippen molar-refractivity contribution in [2.75, 3.05) is 20.2 Å². The first kappa shape index (κ1) is 14.1.